The second-order valence-electron chi connectivity index (χ2n) is 10.8. The number of likely N-dealkylation sites (tertiary alicyclic amines) is 1. The van der Waals surface area contributed by atoms with Crippen LogP contribution in [0.3, 0.4) is 0 Å². The van der Waals surface area contributed by atoms with Crippen LogP contribution in [0.1, 0.15) is 21.9 Å². The summed E-state index contributed by atoms with van der Waals surface area (Å²) in [5.74, 6) is -0.682. The number of piperazine rings is 1. The zero-order valence-electron chi connectivity index (χ0n) is 23.7. The van der Waals surface area contributed by atoms with E-state index in [1.165, 1.54) is 31.5 Å². The normalized spacial score (nSPS) is 19.7. The third-order valence-corrected chi connectivity index (χ3v) is 9.19. The lowest BCUT2D eigenvalue weighted by Gasteiger charge is -2.39. The van der Waals surface area contributed by atoms with E-state index in [0.29, 0.717) is 45.1 Å². The Bertz CT molecular complexity index is 1730. The summed E-state index contributed by atoms with van der Waals surface area (Å²) in [5.41, 5.74) is 2.43. The highest BCUT2D eigenvalue weighted by atomic mass is 32.1. The van der Waals surface area contributed by atoms with E-state index in [4.69, 9.17) is 14.5 Å². The van der Waals surface area contributed by atoms with Crippen molar-refractivity contribution >= 4 is 44.9 Å². The highest BCUT2D eigenvalue weighted by Crippen LogP contribution is 2.43. The number of rotatable bonds is 5. The number of hydrogen-bond donors (Lipinski definition) is 1. The number of morpholine rings is 1. The number of urea groups is 1. The highest BCUT2D eigenvalue weighted by Gasteiger charge is 2.47. The standard InChI is InChI=1S/C30H30FN7O4S/c1-17-33-26-24(43-17)7-6-21(27(26)37-15-19-14-18(37)16-38(19)30(40)36-10-12-42-13-11-36)35-29(39)22-8-9-32-28(34-22)25-20(31)4-3-5-23(25)41-2/h3-9,18-19H,10-16H2,1-2H3,(H,35,39)/t18?,19-/m1/s1. The topological polar surface area (TPSA) is 113 Å². The van der Waals surface area contributed by atoms with Crippen LogP contribution in [-0.4, -0.2) is 95.3 Å². The Hall–Kier alpha value is -4.36. The molecule has 7 rings (SSSR count). The predicted molar refractivity (Wildman–Crippen MR) is 160 cm³/mol. The Labute approximate surface area is 251 Å². The number of nitrogens with zero attached hydrogens (tertiary/aromatic N) is 6. The number of thiazole rings is 1. The monoisotopic (exact) mass is 603 g/mol. The predicted octanol–water partition coefficient (Wildman–Crippen LogP) is 4.18. The van der Waals surface area contributed by atoms with Crippen LogP contribution in [-0.2, 0) is 4.74 Å². The van der Waals surface area contributed by atoms with Crippen molar-refractivity contribution in [3.63, 3.8) is 0 Å². The molecule has 13 heteroatoms. The number of ether oxygens (including phenoxy) is 2. The third-order valence-electron chi connectivity index (χ3n) is 8.25. The summed E-state index contributed by atoms with van der Waals surface area (Å²) in [4.78, 5) is 46.4. The van der Waals surface area contributed by atoms with Crippen LogP contribution in [0, 0.1) is 12.7 Å². The molecule has 5 heterocycles. The average Bonchev–Trinajstić information content (AvgIpc) is 3.74. The molecule has 2 aromatic carbocycles. The minimum atomic E-state index is -0.547. The second-order valence-corrected chi connectivity index (χ2v) is 12.0. The zero-order valence-corrected chi connectivity index (χ0v) is 24.6. The van der Waals surface area contributed by atoms with Gasteiger partial charge in [0.2, 0.25) is 0 Å². The second kappa shape index (κ2) is 11.0. The van der Waals surface area contributed by atoms with Crippen LogP contribution < -0.4 is 15.0 Å². The van der Waals surface area contributed by atoms with Crippen molar-refractivity contribution in [2.75, 3.05) is 56.7 Å². The van der Waals surface area contributed by atoms with Crippen LogP contribution >= 0.6 is 11.3 Å². The molecular weight excluding hydrogens is 573 g/mol. The summed E-state index contributed by atoms with van der Waals surface area (Å²) in [5, 5.41) is 3.96. The number of hydrogen-bond acceptors (Lipinski definition) is 9. The largest absolute Gasteiger partial charge is 0.496 e. The highest BCUT2D eigenvalue weighted by molar-refractivity contribution is 7.18. The fraction of sp³-hybridized carbons (Fsp3) is 0.367. The van der Waals surface area contributed by atoms with E-state index >= 15 is 0 Å². The van der Waals surface area contributed by atoms with E-state index in [0.717, 1.165) is 27.3 Å². The zero-order chi connectivity index (χ0) is 29.7. The maximum absolute atomic E-state index is 14.7. The fourth-order valence-electron chi connectivity index (χ4n) is 6.28. The number of aromatic nitrogens is 3. The van der Waals surface area contributed by atoms with Crippen LogP contribution in [0.2, 0.25) is 0 Å². The molecule has 11 nitrogen and oxygen atoms in total. The molecular formula is C30H30FN7O4S. The Balaban J connectivity index is 1.18. The number of halogens is 1. The van der Waals surface area contributed by atoms with Crippen molar-refractivity contribution in [2.45, 2.75) is 25.4 Å². The molecule has 3 saturated heterocycles. The lowest BCUT2D eigenvalue weighted by atomic mass is 10.1. The van der Waals surface area contributed by atoms with Gasteiger partial charge in [-0.1, -0.05) is 6.07 Å². The lowest BCUT2D eigenvalue weighted by Crippen LogP contribution is -2.55. The Morgan fingerprint density at radius 3 is 2.70 bits per heavy atom. The molecule has 3 aliphatic heterocycles. The summed E-state index contributed by atoms with van der Waals surface area (Å²) in [6, 6.07) is 10.0. The van der Waals surface area contributed by atoms with E-state index in [-0.39, 0.29) is 40.9 Å². The van der Waals surface area contributed by atoms with E-state index in [9.17, 15) is 14.0 Å². The number of anilines is 2. The van der Waals surface area contributed by atoms with Crippen molar-refractivity contribution in [2.24, 2.45) is 0 Å². The quantitative estimate of drug-likeness (QED) is 0.362. The third kappa shape index (κ3) is 4.91. The average molecular weight is 604 g/mol. The van der Waals surface area contributed by atoms with Crippen molar-refractivity contribution in [1.82, 2.24) is 24.8 Å². The van der Waals surface area contributed by atoms with Crippen molar-refractivity contribution in [1.29, 1.82) is 0 Å². The number of carbonyl (C=O) groups is 2. The molecule has 3 amide bonds. The van der Waals surface area contributed by atoms with E-state index in [1.807, 2.05) is 28.9 Å². The molecule has 0 spiro atoms. The molecule has 2 aromatic heterocycles. The van der Waals surface area contributed by atoms with Crippen LogP contribution in [0.25, 0.3) is 21.6 Å². The Morgan fingerprint density at radius 1 is 1.09 bits per heavy atom. The van der Waals surface area contributed by atoms with E-state index < -0.39 is 11.7 Å². The van der Waals surface area contributed by atoms with Crippen LogP contribution in [0.4, 0.5) is 20.6 Å². The van der Waals surface area contributed by atoms with Gasteiger partial charge in [-0.2, -0.15) is 0 Å². The van der Waals surface area contributed by atoms with Gasteiger partial charge in [0.05, 0.1) is 53.0 Å². The first kappa shape index (κ1) is 27.5. The molecule has 0 aliphatic carbocycles. The number of benzene rings is 2. The van der Waals surface area contributed by atoms with Gasteiger partial charge in [-0.05, 0) is 43.7 Å². The number of carbonyl (C=O) groups excluding carboxylic acids is 2. The molecule has 1 N–H and O–H groups in total. The maximum atomic E-state index is 14.7. The van der Waals surface area contributed by atoms with Crippen LogP contribution in [0.15, 0.2) is 42.6 Å². The van der Waals surface area contributed by atoms with Gasteiger partial charge in [-0.15, -0.1) is 11.3 Å². The van der Waals surface area contributed by atoms with Gasteiger partial charge < -0.3 is 29.5 Å². The smallest absolute Gasteiger partial charge is 0.320 e. The SMILES string of the molecule is COc1cccc(F)c1-c1nccc(C(=O)Nc2ccc3sc(C)nc3c2N2C[C@H]3CC2CN3C(=O)N2CCOCC2)n1. The van der Waals surface area contributed by atoms with Gasteiger partial charge in [-0.25, -0.2) is 24.1 Å². The maximum Gasteiger partial charge on any atom is 0.320 e. The molecule has 3 aliphatic rings. The summed E-state index contributed by atoms with van der Waals surface area (Å²) in [6.07, 6.45) is 2.28. The van der Waals surface area contributed by atoms with Crippen molar-refractivity contribution < 1.29 is 23.5 Å². The van der Waals surface area contributed by atoms with E-state index in [2.05, 4.69) is 20.2 Å². The van der Waals surface area contributed by atoms with Crippen molar-refractivity contribution in [3.8, 4) is 17.1 Å². The summed E-state index contributed by atoms with van der Waals surface area (Å²) >= 11 is 1.60. The minimum absolute atomic E-state index is 0.0512. The molecule has 4 aromatic rings. The number of aryl methyl sites for hydroxylation is 1. The molecule has 1 unspecified atom stereocenters. The van der Waals surface area contributed by atoms with Gasteiger partial charge in [0.15, 0.2) is 5.82 Å². The number of fused-ring (bicyclic) bond motifs is 3. The lowest BCUT2D eigenvalue weighted by molar-refractivity contribution is 0.0417. The summed E-state index contributed by atoms with van der Waals surface area (Å²) in [7, 11) is 1.44. The van der Waals surface area contributed by atoms with Gasteiger partial charge in [0.1, 0.15) is 22.8 Å². The molecule has 3 fully saturated rings. The Morgan fingerprint density at radius 2 is 1.93 bits per heavy atom. The van der Waals surface area contributed by atoms with Gasteiger partial charge in [0, 0.05) is 38.4 Å². The first-order chi connectivity index (χ1) is 20.9. The minimum Gasteiger partial charge on any atom is -0.496 e. The number of nitrogens with one attached hydrogen (secondary N) is 1. The summed E-state index contributed by atoms with van der Waals surface area (Å²) < 4.78 is 26.5. The van der Waals surface area contributed by atoms with Gasteiger partial charge in [0.25, 0.3) is 5.91 Å². The van der Waals surface area contributed by atoms with Gasteiger partial charge >= 0.3 is 6.03 Å². The molecule has 43 heavy (non-hydrogen) atoms. The molecule has 222 valence electrons. The van der Waals surface area contributed by atoms with Gasteiger partial charge in [-0.3, -0.25) is 4.79 Å². The Kier molecular flexibility index (Phi) is 7.06. The summed E-state index contributed by atoms with van der Waals surface area (Å²) in [6.45, 7) is 5.56. The number of methoxy groups -OCH3 is 1. The molecule has 0 saturated carbocycles. The molecule has 2 bridgehead atoms. The molecule has 0 radical (unpaired) electrons. The fourth-order valence-corrected chi connectivity index (χ4v) is 7.11. The van der Waals surface area contributed by atoms with Crippen LogP contribution in [0.5, 0.6) is 5.75 Å². The van der Waals surface area contributed by atoms with E-state index in [1.54, 1.807) is 17.4 Å². The first-order valence-electron chi connectivity index (χ1n) is 14.2. The number of amides is 3. The van der Waals surface area contributed by atoms with Crippen molar-refractivity contribution in [3.05, 3.63) is 59.1 Å². The first-order valence-corrected chi connectivity index (χ1v) is 15.0. The molecule has 2 atom stereocenters.